The molecular formula is C14H25NO4. The molecule has 1 N–H and O–H groups in total. The maximum absolute atomic E-state index is 12.6. The van der Waals surface area contributed by atoms with E-state index in [0.29, 0.717) is 0 Å². The normalized spacial score (nSPS) is 32.1. The van der Waals surface area contributed by atoms with E-state index in [2.05, 4.69) is 0 Å². The third-order valence-electron chi connectivity index (χ3n) is 4.24. The molecule has 1 heterocycles. The molecule has 1 aliphatic rings. The number of rotatable bonds is 5. The second kappa shape index (κ2) is 6.37. The van der Waals surface area contributed by atoms with Crippen LogP contribution in [-0.4, -0.2) is 46.7 Å². The highest BCUT2D eigenvalue weighted by Crippen LogP contribution is 2.34. The lowest BCUT2D eigenvalue weighted by atomic mass is 9.88. The molecule has 1 aliphatic heterocycles. The molecular weight excluding hydrogens is 246 g/mol. The first-order chi connectivity index (χ1) is 8.79. The Morgan fingerprint density at radius 3 is 2.21 bits per heavy atom. The van der Waals surface area contributed by atoms with Gasteiger partial charge in [-0.05, 0) is 33.1 Å². The zero-order chi connectivity index (χ0) is 14.7. The van der Waals surface area contributed by atoms with Gasteiger partial charge in [-0.2, -0.15) is 0 Å². The minimum absolute atomic E-state index is 0.0348. The lowest BCUT2D eigenvalue weighted by Crippen LogP contribution is -2.47. The maximum Gasteiger partial charge on any atom is 0.323 e. The van der Waals surface area contributed by atoms with E-state index in [1.165, 1.54) is 4.90 Å². The molecule has 1 rings (SSSR count). The lowest BCUT2D eigenvalue weighted by Gasteiger charge is -2.31. The molecule has 19 heavy (non-hydrogen) atoms. The van der Waals surface area contributed by atoms with Crippen molar-refractivity contribution in [3.8, 4) is 0 Å². The van der Waals surface area contributed by atoms with Gasteiger partial charge in [-0.15, -0.1) is 0 Å². The Labute approximate surface area is 114 Å². The van der Waals surface area contributed by atoms with Crippen LogP contribution < -0.4 is 0 Å². The van der Waals surface area contributed by atoms with Crippen LogP contribution in [0.15, 0.2) is 0 Å². The van der Waals surface area contributed by atoms with Gasteiger partial charge < -0.3 is 14.7 Å². The van der Waals surface area contributed by atoms with Gasteiger partial charge in [0.05, 0.1) is 18.1 Å². The Morgan fingerprint density at radius 1 is 1.26 bits per heavy atom. The van der Waals surface area contributed by atoms with Crippen LogP contribution >= 0.6 is 0 Å². The molecule has 0 aromatic heterocycles. The van der Waals surface area contributed by atoms with E-state index in [4.69, 9.17) is 9.84 Å². The average Bonchev–Trinajstić information content (AvgIpc) is 2.58. The molecule has 5 nitrogen and oxygen atoms in total. The molecule has 0 spiro atoms. The fourth-order valence-corrected chi connectivity index (χ4v) is 2.70. The standard InChI is InChI=1S/C14H25NO4/c1-6-8(2)15(7-12(16)17)14(18)13-9(3)10(4)19-11(13)5/h8-11,13H,6-7H2,1-5H3,(H,16,17). The van der Waals surface area contributed by atoms with Crippen molar-refractivity contribution in [1.29, 1.82) is 0 Å². The molecule has 0 aromatic rings. The summed E-state index contributed by atoms with van der Waals surface area (Å²) in [6.07, 6.45) is 0.621. The fraction of sp³-hybridized carbons (Fsp3) is 0.857. The van der Waals surface area contributed by atoms with E-state index in [0.717, 1.165) is 6.42 Å². The summed E-state index contributed by atoms with van der Waals surface area (Å²) in [5.74, 6) is -1.20. The molecule has 110 valence electrons. The first-order valence-electron chi connectivity index (χ1n) is 6.97. The van der Waals surface area contributed by atoms with E-state index in [1.807, 2.05) is 34.6 Å². The van der Waals surface area contributed by atoms with E-state index in [-0.39, 0.29) is 42.5 Å². The van der Waals surface area contributed by atoms with Crippen molar-refractivity contribution in [3.05, 3.63) is 0 Å². The minimum Gasteiger partial charge on any atom is -0.480 e. The highest BCUT2D eigenvalue weighted by Gasteiger charge is 2.44. The van der Waals surface area contributed by atoms with E-state index in [1.54, 1.807) is 0 Å². The average molecular weight is 271 g/mol. The first kappa shape index (κ1) is 16.0. The SMILES string of the molecule is CCC(C)N(CC(=O)O)C(=O)C1C(C)OC(C)C1C. The third kappa shape index (κ3) is 3.47. The van der Waals surface area contributed by atoms with Crippen LogP contribution in [0, 0.1) is 11.8 Å². The van der Waals surface area contributed by atoms with Crippen LogP contribution in [0.4, 0.5) is 0 Å². The Morgan fingerprint density at radius 2 is 1.84 bits per heavy atom. The Balaban J connectivity index is 2.89. The molecule has 1 fully saturated rings. The maximum atomic E-state index is 12.6. The second-order valence-electron chi connectivity index (χ2n) is 5.55. The summed E-state index contributed by atoms with van der Waals surface area (Å²) in [5.41, 5.74) is 0. The quantitative estimate of drug-likeness (QED) is 0.827. The minimum atomic E-state index is -0.971. The monoisotopic (exact) mass is 271 g/mol. The van der Waals surface area contributed by atoms with Crippen LogP contribution in [0.5, 0.6) is 0 Å². The van der Waals surface area contributed by atoms with E-state index in [9.17, 15) is 9.59 Å². The number of hydrogen-bond donors (Lipinski definition) is 1. The predicted molar refractivity (Wildman–Crippen MR) is 71.8 cm³/mol. The van der Waals surface area contributed by atoms with E-state index < -0.39 is 5.97 Å². The van der Waals surface area contributed by atoms with Crippen LogP contribution in [-0.2, 0) is 14.3 Å². The number of amides is 1. The molecule has 0 radical (unpaired) electrons. The second-order valence-corrected chi connectivity index (χ2v) is 5.55. The zero-order valence-corrected chi connectivity index (χ0v) is 12.4. The number of carbonyl (C=O) groups excluding carboxylic acids is 1. The van der Waals surface area contributed by atoms with Crippen LogP contribution in [0.1, 0.15) is 41.0 Å². The van der Waals surface area contributed by atoms with Crippen molar-refractivity contribution in [2.75, 3.05) is 6.54 Å². The van der Waals surface area contributed by atoms with Gasteiger partial charge in [0.2, 0.25) is 5.91 Å². The molecule has 0 bridgehead atoms. The third-order valence-corrected chi connectivity index (χ3v) is 4.24. The van der Waals surface area contributed by atoms with Gasteiger partial charge in [-0.3, -0.25) is 9.59 Å². The summed E-state index contributed by atoms with van der Waals surface area (Å²) >= 11 is 0. The van der Waals surface area contributed by atoms with Crippen molar-refractivity contribution in [3.63, 3.8) is 0 Å². The van der Waals surface area contributed by atoms with Gasteiger partial charge in [0.1, 0.15) is 6.54 Å². The molecule has 5 unspecified atom stereocenters. The van der Waals surface area contributed by atoms with Crippen LogP contribution in [0.3, 0.4) is 0 Å². The highest BCUT2D eigenvalue weighted by molar-refractivity contribution is 5.84. The number of carboxylic acid groups (broad SMARTS) is 1. The van der Waals surface area contributed by atoms with Gasteiger partial charge in [0, 0.05) is 6.04 Å². The summed E-state index contributed by atoms with van der Waals surface area (Å²) < 4.78 is 5.68. The number of hydrogen-bond acceptors (Lipinski definition) is 3. The molecule has 1 amide bonds. The Hall–Kier alpha value is -1.10. The summed E-state index contributed by atoms with van der Waals surface area (Å²) in [6, 6.07) is -0.0705. The summed E-state index contributed by atoms with van der Waals surface area (Å²) in [7, 11) is 0. The van der Waals surface area contributed by atoms with E-state index >= 15 is 0 Å². The van der Waals surface area contributed by atoms with Crippen molar-refractivity contribution in [2.45, 2.75) is 59.3 Å². The molecule has 1 saturated heterocycles. The number of carboxylic acids is 1. The summed E-state index contributed by atoms with van der Waals surface area (Å²) in [4.78, 5) is 25.1. The molecule has 0 saturated carbocycles. The number of ether oxygens (including phenoxy) is 1. The van der Waals surface area contributed by atoms with Crippen molar-refractivity contribution < 1.29 is 19.4 Å². The summed E-state index contributed by atoms with van der Waals surface area (Å²) in [5, 5.41) is 8.98. The fourth-order valence-electron chi connectivity index (χ4n) is 2.70. The van der Waals surface area contributed by atoms with Crippen molar-refractivity contribution in [1.82, 2.24) is 4.90 Å². The van der Waals surface area contributed by atoms with Gasteiger partial charge in [-0.1, -0.05) is 13.8 Å². The van der Waals surface area contributed by atoms with Gasteiger partial charge >= 0.3 is 5.97 Å². The van der Waals surface area contributed by atoms with Crippen molar-refractivity contribution >= 4 is 11.9 Å². The lowest BCUT2D eigenvalue weighted by molar-refractivity contribution is -0.149. The van der Waals surface area contributed by atoms with Gasteiger partial charge in [0.15, 0.2) is 0 Å². The number of nitrogens with zero attached hydrogens (tertiary/aromatic N) is 1. The van der Waals surface area contributed by atoms with Crippen LogP contribution in [0.25, 0.3) is 0 Å². The first-order valence-corrected chi connectivity index (χ1v) is 6.97. The predicted octanol–water partition coefficient (Wildman–Crippen LogP) is 1.76. The van der Waals surface area contributed by atoms with Crippen LogP contribution in [0.2, 0.25) is 0 Å². The number of carbonyl (C=O) groups is 2. The van der Waals surface area contributed by atoms with Gasteiger partial charge in [-0.25, -0.2) is 0 Å². The Kier molecular flexibility index (Phi) is 5.35. The molecule has 5 heteroatoms. The van der Waals surface area contributed by atoms with Crippen molar-refractivity contribution in [2.24, 2.45) is 11.8 Å². The number of aliphatic carboxylic acids is 1. The topological polar surface area (TPSA) is 66.8 Å². The smallest absolute Gasteiger partial charge is 0.323 e. The highest BCUT2D eigenvalue weighted by atomic mass is 16.5. The molecule has 5 atom stereocenters. The Bertz CT molecular complexity index is 344. The zero-order valence-electron chi connectivity index (χ0n) is 12.4. The summed E-state index contributed by atoms with van der Waals surface area (Å²) in [6.45, 7) is 9.44. The molecule has 0 aliphatic carbocycles. The molecule has 0 aromatic carbocycles. The largest absolute Gasteiger partial charge is 0.480 e. The van der Waals surface area contributed by atoms with Gasteiger partial charge in [0.25, 0.3) is 0 Å².